The number of nitrogens with zero attached hydrogens (tertiary/aromatic N) is 1. The number of anilines is 1. The van der Waals surface area contributed by atoms with E-state index in [2.05, 4.69) is 22.3 Å². The van der Waals surface area contributed by atoms with E-state index < -0.39 is 0 Å². The number of morpholine rings is 1. The third-order valence-electron chi connectivity index (χ3n) is 4.61. The van der Waals surface area contributed by atoms with Crippen molar-refractivity contribution in [2.24, 2.45) is 0 Å². The first-order chi connectivity index (χ1) is 13.6. The normalized spacial score (nSPS) is 17.3. The maximum absolute atomic E-state index is 12.7. The van der Waals surface area contributed by atoms with Gasteiger partial charge in [-0.15, -0.1) is 0 Å². The van der Waals surface area contributed by atoms with Gasteiger partial charge >= 0.3 is 0 Å². The van der Waals surface area contributed by atoms with Gasteiger partial charge in [0.2, 0.25) is 0 Å². The van der Waals surface area contributed by atoms with Crippen molar-refractivity contribution in [3.63, 3.8) is 0 Å². The third-order valence-corrected chi connectivity index (χ3v) is 4.93. The molecule has 7 heteroatoms. The Bertz CT molecular complexity index is 801. The summed E-state index contributed by atoms with van der Waals surface area (Å²) in [5, 5.41) is 3.26. The monoisotopic (exact) mass is 403 g/mol. The molecular formula is C21H26ClN3O3. The van der Waals surface area contributed by atoms with E-state index in [1.54, 1.807) is 12.1 Å². The van der Waals surface area contributed by atoms with E-state index >= 15 is 0 Å². The summed E-state index contributed by atoms with van der Waals surface area (Å²) in [7, 11) is 0. The zero-order valence-electron chi connectivity index (χ0n) is 16.0. The largest absolute Gasteiger partial charge is 0.493 e. The second kappa shape index (κ2) is 9.78. The van der Waals surface area contributed by atoms with Crippen molar-refractivity contribution < 1.29 is 14.3 Å². The molecule has 150 valence electrons. The van der Waals surface area contributed by atoms with Crippen LogP contribution in [-0.2, 0) is 11.3 Å². The second-order valence-corrected chi connectivity index (χ2v) is 7.13. The SMILES string of the molecule is CCOc1cc(N)c(Cl)cc1C(=O)NC[C@@H]1CN(Cc2ccccc2)CCO1. The lowest BCUT2D eigenvalue weighted by Gasteiger charge is -2.33. The number of benzene rings is 2. The maximum atomic E-state index is 12.7. The minimum atomic E-state index is -0.255. The van der Waals surface area contributed by atoms with E-state index in [0.29, 0.717) is 41.8 Å². The fourth-order valence-electron chi connectivity index (χ4n) is 3.21. The van der Waals surface area contributed by atoms with Crippen LogP contribution < -0.4 is 15.8 Å². The molecule has 1 fully saturated rings. The first kappa shape index (κ1) is 20.5. The lowest BCUT2D eigenvalue weighted by molar-refractivity contribution is -0.0292. The molecule has 1 saturated heterocycles. The van der Waals surface area contributed by atoms with Crippen LogP contribution >= 0.6 is 11.6 Å². The Kier molecular flexibility index (Phi) is 7.14. The number of halogens is 1. The van der Waals surface area contributed by atoms with Crippen LogP contribution in [0.15, 0.2) is 42.5 Å². The summed E-state index contributed by atoms with van der Waals surface area (Å²) in [5.41, 5.74) is 7.85. The highest BCUT2D eigenvalue weighted by Gasteiger charge is 2.22. The highest BCUT2D eigenvalue weighted by molar-refractivity contribution is 6.33. The number of ether oxygens (including phenoxy) is 2. The number of carbonyl (C=O) groups excluding carboxylic acids is 1. The quantitative estimate of drug-likeness (QED) is 0.695. The van der Waals surface area contributed by atoms with Crippen LogP contribution in [0.2, 0.25) is 5.02 Å². The predicted molar refractivity (Wildman–Crippen MR) is 111 cm³/mol. The van der Waals surface area contributed by atoms with Crippen molar-refractivity contribution in [1.29, 1.82) is 0 Å². The van der Waals surface area contributed by atoms with Crippen LogP contribution in [0.4, 0.5) is 5.69 Å². The molecule has 0 aliphatic carbocycles. The van der Waals surface area contributed by atoms with E-state index in [1.807, 2.05) is 25.1 Å². The minimum absolute atomic E-state index is 0.0683. The lowest BCUT2D eigenvalue weighted by Crippen LogP contribution is -2.47. The van der Waals surface area contributed by atoms with Crippen LogP contribution in [0, 0.1) is 0 Å². The van der Waals surface area contributed by atoms with Crippen molar-refractivity contribution in [3.05, 3.63) is 58.6 Å². The molecule has 1 atom stereocenters. The average Bonchev–Trinajstić information content (AvgIpc) is 2.70. The minimum Gasteiger partial charge on any atom is -0.493 e. The molecule has 1 heterocycles. The number of carbonyl (C=O) groups is 1. The van der Waals surface area contributed by atoms with Gasteiger partial charge in [-0.2, -0.15) is 0 Å². The highest BCUT2D eigenvalue weighted by Crippen LogP contribution is 2.29. The summed E-state index contributed by atoms with van der Waals surface area (Å²) in [6.07, 6.45) is -0.0683. The van der Waals surface area contributed by atoms with Gasteiger partial charge in [0.15, 0.2) is 0 Å². The molecule has 0 saturated carbocycles. The first-order valence-electron chi connectivity index (χ1n) is 9.44. The summed E-state index contributed by atoms with van der Waals surface area (Å²) in [5.74, 6) is 0.172. The summed E-state index contributed by atoms with van der Waals surface area (Å²) in [6, 6.07) is 13.5. The molecule has 1 amide bonds. The molecule has 0 bridgehead atoms. The van der Waals surface area contributed by atoms with E-state index in [1.165, 1.54) is 5.56 Å². The number of nitrogens with two attached hydrogens (primary N) is 1. The summed E-state index contributed by atoms with van der Waals surface area (Å²) >= 11 is 6.08. The average molecular weight is 404 g/mol. The molecule has 1 aliphatic rings. The summed E-state index contributed by atoms with van der Waals surface area (Å²) in [6.45, 7) is 5.85. The number of nitrogen functional groups attached to an aromatic ring is 1. The Morgan fingerprint density at radius 1 is 1.36 bits per heavy atom. The smallest absolute Gasteiger partial charge is 0.255 e. The molecule has 3 rings (SSSR count). The van der Waals surface area contributed by atoms with Gasteiger partial charge in [0, 0.05) is 32.2 Å². The molecular weight excluding hydrogens is 378 g/mol. The molecule has 1 aliphatic heterocycles. The number of amides is 1. The maximum Gasteiger partial charge on any atom is 0.255 e. The van der Waals surface area contributed by atoms with Gasteiger partial charge in [0.25, 0.3) is 5.91 Å². The van der Waals surface area contributed by atoms with Crippen molar-refractivity contribution in [2.45, 2.75) is 19.6 Å². The number of hydrogen-bond donors (Lipinski definition) is 2. The molecule has 0 unspecified atom stereocenters. The number of hydrogen-bond acceptors (Lipinski definition) is 5. The lowest BCUT2D eigenvalue weighted by atomic mass is 10.1. The van der Waals surface area contributed by atoms with Gasteiger partial charge in [0.1, 0.15) is 5.75 Å². The zero-order valence-corrected chi connectivity index (χ0v) is 16.7. The molecule has 28 heavy (non-hydrogen) atoms. The zero-order chi connectivity index (χ0) is 19.9. The molecule has 6 nitrogen and oxygen atoms in total. The molecule has 0 aromatic heterocycles. The van der Waals surface area contributed by atoms with Crippen molar-refractivity contribution in [3.8, 4) is 5.75 Å². The van der Waals surface area contributed by atoms with Crippen LogP contribution in [0.1, 0.15) is 22.8 Å². The van der Waals surface area contributed by atoms with Crippen LogP contribution in [-0.4, -0.2) is 49.8 Å². The van der Waals surface area contributed by atoms with E-state index in [4.69, 9.17) is 26.8 Å². The van der Waals surface area contributed by atoms with Crippen LogP contribution in [0.5, 0.6) is 5.75 Å². The van der Waals surface area contributed by atoms with E-state index in [9.17, 15) is 4.79 Å². The van der Waals surface area contributed by atoms with Gasteiger partial charge in [0.05, 0.1) is 35.6 Å². The van der Waals surface area contributed by atoms with E-state index in [0.717, 1.165) is 19.6 Å². The second-order valence-electron chi connectivity index (χ2n) is 6.73. The Balaban J connectivity index is 1.57. The number of nitrogens with one attached hydrogen (secondary N) is 1. The fourth-order valence-corrected chi connectivity index (χ4v) is 3.38. The fraction of sp³-hybridized carbons (Fsp3) is 0.381. The van der Waals surface area contributed by atoms with E-state index in [-0.39, 0.29) is 12.0 Å². The van der Waals surface area contributed by atoms with Gasteiger partial charge in [-0.1, -0.05) is 41.9 Å². The van der Waals surface area contributed by atoms with Gasteiger partial charge in [-0.3, -0.25) is 9.69 Å². The summed E-state index contributed by atoms with van der Waals surface area (Å²) < 4.78 is 11.3. The Morgan fingerprint density at radius 2 is 2.14 bits per heavy atom. The molecule has 0 spiro atoms. The van der Waals surface area contributed by atoms with Gasteiger partial charge < -0.3 is 20.5 Å². The third kappa shape index (κ3) is 5.38. The molecule has 2 aromatic rings. The van der Waals surface area contributed by atoms with Crippen LogP contribution in [0.25, 0.3) is 0 Å². The van der Waals surface area contributed by atoms with Crippen molar-refractivity contribution >= 4 is 23.2 Å². The highest BCUT2D eigenvalue weighted by atomic mass is 35.5. The Labute approximate surface area is 170 Å². The van der Waals surface area contributed by atoms with Crippen molar-refractivity contribution in [1.82, 2.24) is 10.2 Å². The number of rotatable bonds is 7. The molecule has 2 aromatic carbocycles. The Hall–Kier alpha value is -2.28. The summed E-state index contributed by atoms with van der Waals surface area (Å²) in [4.78, 5) is 15.0. The van der Waals surface area contributed by atoms with Gasteiger partial charge in [-0.05, 0) is 18.6 Å². The topological polar surface area (TPSA) is 76.8 Å². The van der Waals surface area contributed by atoms with Crippen LogP contribution in [0.3, 0.4) is 0 Å². The molecule has 0 radical (unpaired) electrons. The first-order valence-corrected chi connectivity index (χ1v) is 9.82. The molecule has 3 N–H and O–H groups in total. The standard InChI is InChI=1S/C21H26ClN3O3/c1-2-27-20-11-19(23)18(22)10-17(20)21(26)24-12-16-14-25(8-9-28-16)13-15-6-4-3-5-7-15/h3-7,10-11,16H,2,8-9,12-14,23H2,1H3,(H,24,26)/t16-/m1/s1. The van der Waals surface area contributed by atoms with Crippen molar-refractivity contribution in [2.75, 3.05) is 38.6 Å². The van der Waals surface area contributed by atoms with Gasteiger partial charge in [-0.25, -0.2) is 0 Å². The predicted octanol–water partition coefficient (Wildman–Crippen LogP) is 2.95. The Morgan fingerprint density at radius 3 is 2.89 bits per heavy atom.